The molecular formula is C12H18N4O2. The summed E-state index contributed by atoms with van der Waals surface area (Å²) >= 11 is 0. The molecule has 0 fully saturated rings. The van der Waals surface area contributed by atoms with Crippen molar-refractivity contribution in [1.82, 2.24) is 9.97 Å². The second-order valence-electron chi connectivity index (χ2n) is 4.54. The molecule has 0 aromatic carbocycles. The fourth-order valence-corrected chi connectivity index (χ4v) is 1.47. The monoisotopic (exact) mass is 250 g/mol. The molecule has 0 atom stereocenters. The van der Waals surface area contributed by atoms with Crippen LogP contribution in [-0.2, 0) is 4.79 Å². The third-order valence-corrected chi connectivity index (χ3v) is 2.15. The molecule has 0 bridgehead atoms. The molecule has 0 radical (unpaired) electrons. The lowest BCUT2D eigenvalue weighted by molar-refractivity contribution is -0.137. The van der Waals surface area contributed by atoms with Gasteiger partial charge in [-0.05, 0) is 13.8 Å². The Morgan fingerprint density at radius 3 is 2.78 bits per heavy atom. The van der Waals surface area contributed by atoms with Crippen LogP contribution in [0.25, 0.3) is 0 Å². The Morgan fingerprint density at radius 2 is 2.17 bits per heavy atom. The van der Waals surface area contributed by atoms with E-state index in [0.29, 0.717) is 18.2 Å². The van der Waals surface area contributed by atoms with Crippen molar-refractivity contribution in [3.8, 4) is 0 Å². The van der Waals surface area contributed by atoms with Crippen LogP contribution in [-0.4, -0.2) is 33.1 Å². The summed E-state index contributed by atoms with van der Waals surface area (Å²) in [5.74, 6) is 0.396. The van der Waals surface area contributed by atoms with Crippen molar-refractivity contribution in [1.29, 1.82) is 0 Å². The molecule has 0 saturated carbocycles. The quantitative estimate of drug-likeness (QED) is 0.639. The molecule has 0 unspecified atom stereocenters. The molecule has 1 heterocycles. The van der Waals surface area contributed by atoms with Gasteiger partial charge in [-0.2, -0.15) is 0 Å². The first-order valence-corrected chi connectivity index (χ1v) is 5.60. The molecule has 0 amide bonds. The molecule has 98 valence electrons. The van der Waals surface area contributed by atoms with Crippen molar-refractivity contribution >= 4 is 17.6 Å². The number of carboxylic acid groups (broad SMARTS) is 1. The lowest BCUT2D eigenvalue weighted by Gasteiger charge is -2.24. The number of aliphatic carboxylic acids is 1. The number of anilines is 2. The Balaban J connectivity index is 2.71. The summed E-state index contributed by atoms with van der Waals surface area (Å²) in [5.41, 5.74) is -0.574. The number of carbonyl (C=O) groups is 1. The SMILES string of the molecule is C=CCNc1cc(NC(C)(C)CC(=O)O)ncn1. The Morgan fingerprint density at radius 1 is 1.50 bits per heavy atom. The average molecular weight is 250 g/mol. The van der Waals surface area contributed by atoms with Gasteiger partial charge < -0.3 is 15.7 Å². The van der Waals surface area contributed by atoms with Gasteiger partial charge in [0.15, 0.2) is 0 Å². The van der Waals surface area contributed by atoms with Gasteiger partial charge in [0.05, 0.1) is 6.42 Å². The van der Waals surface area contributed by atoms with Crippen LogP contribution in [0.1, 0.15) is 20.3 Å². The molecule has 18 heavy (non-hydrogen) atoms. The standard InChI is InChI=1S/C12H18N4O2/c1-4-5-13-9-6-10(15-8-14-9)16-12(2,3)7-11(17)18/h4,6,8H,1,5,7H2,2-3H3,(H,17,18)(H2,13,14,15,16). The number of aromatic nitrogens is 2. The van der Waals surface area contributed by atoms with E-state index in [1.807, 2.05) is 0 Å². The smallest absolute Gasteiger partial charge is 0.305 e. The highest BCUT2D eigenvalue weighted by molar-refractivity contribution is 5.69. The van der Waals surface area contributed by atoms with Crippen molar-refractivity contribution in [2.75, 3.05) is 17.2 Å². The summed E-state index contributed by atoms with van der Waals surface area (Å²) in [6.45, 7) is 7.82. The third kappa shape index (κ3) is 4.82. The Labute approximate surface area is 106 Å². The Hall–Kier alpha value is -2.11. The first kappa shape index (κ1) is 14.0. The first-order chi connectivity index (χ1) is 8.43. The van der Waals surface area contributed by atoms with E-state index in [1.165, 1.54) is 6.33 Å². The molecule has 1 aromatic heterocycles. The van der Waals surface area contributed by atoms with E-state index in [0.717, 1.165) is 0 Å². The zero-order chi connectivity index (χ0) is 13.6. The maximum atomic E-state index is 10.7. The summed E-state index contributed by atoms with van der Waals surface area (Å²) < 4.78 is 0. The minimum absolute atomic E-state index is 0.00637. The van der Waals surface area contributed by atoms with Crippen LogP contribution in [0.2, 0.25) is 0 Å². The fraction of sp³-hybridized carbons (Fsp3) is 0.417. The van der Waals surface area contributed by atoms with E-state index in [9.17, 15) is 4.79 Å². The maximum absolute atomic E-state index is 10.7. The predicted molar refractivity (Wildman–Crippen MR) is 70.7 cm³/mol. The lowest BCUT2D eigenvalue weighted by atomic mass is 10.0. The van der Waals surface area contributed by atoms with E-state index >= 15 is 0 Å². The summed E-state index contributed by atoms with van der Waals surface area (Å²) in [6.07, 6.45) is 3.15. The molecule has 0 aliphatic carbocycles. The zero-order valence-electron chi connectivity index (χ0n) is 10.6. The van der Waals surface area contributed by atoms with Crippen molar-refractivity contribution in [3.63, 3.8) is 0 Å². The lowest BCUT2D eigenvalue weighted by Crippen LogP contribution is -2.34. The van der Waals surface area contributed by atoms with Crippen LogP contribution in [0.3, 0.4) is 0 Å². The van der Waals surface area contributed by atoms with Crippen LogP contribution >= 0.6 is 0 Å². The van der Waals surface area contributed by atoms with Gasteiger partial charge in [0, 0.05) is 18.2 Å². The zero-order valence-corrected chi connectivity index (χ0v) is 10.6. The fourth-order valence-electron chi connectivity index (χ4n) is 1.47. The number of nitrogens with one attached hydrogen (secondary N) is 2. The minimum Gasteiger partial charge on any atom is -0.481 e. The maximum Gasteiger partial charge on any atom is 0.305 e. The van der Waals surface area contributed by atoms with E-state index < -0.39 is 11.5 Å². The van der Waals surface area contributed by atoms with Crippen LogP contribution < -0.4 is 10.6 Å². The summed E-state index contributed by atoms with van der Waals surface area (Å²) in [6, 6.07) is 1.73. The molecule has 0 spiro atoms. The second-order valence-corrected chi connectivity index (χ2v) is 4.54. The van der Waals surface area contributed by atoms with Crippen molar-refractivity contribution < 1.29 is 9.90 Å². The number of hydrogen-bond acceptors (Lipinski definition) is 5. The summed E-state index contributed by atoms with van der Waals surface area (Å²) in [7, 11) is 0. The van der Waals surface area contributed by atoms with Crippen molar-refractivity contribution in [3.05, 3.63) is 25.0 Å². The molecule has 0 aliphatic heterocycles. The predicted octanol–water partition coefficient (Wildman–Crippen LogP) is 1.74. The van der Waals surface area contributed by atoms with Gasteiger partial charge in [-0.3, -0.25) is 4.79 Å². The normalized spacial score (nSPS) is 10.8. The Bertz CT molecular complexity index is 432. The highest BCUT2D eigenvalue weighted by Crippen LogP contribution is 2.17. The van der Waals surface area contributed by atoms with E-state index in [2.05, 4.69) is 27.2 Å². The number of nitrogens with zero attached hydrogens (tertiary/aromatic N) is 2. The van der Waals surface area contributed by atoms with Crippen molar-refractivity contribution in [2.24, 2.45) is 0 Å². The van der Waals surface area contributed by atoms with Gasteiger partial charge in [0.25, 0.3) is 0 Å². The van der Waals surface area contributed by atoms with Crippen LogP contribution in [0.4, 0.5) is 11.6 Å². The first-order valence-electron chi connectivity index (χ1n) is 5.60. The van der Waals surface area contributed by atoms with Gasteiger partial charge in [-0.25, -0.2) is 9.97 Å². The van der Waals surface area contributed by atoms with Gasteiger partial charge >= 0.3 is 5.97 Å². The van der Waals surface area contributed by atoms with Crippen LogP contribution in [0.15, 0.2) is 25.0 Å². The number of carboxylic acids is 1. The van der Waals surface area contributed by atoms with E-state index in [1.54, 1.807) is 26.0 Å². The van der Waals surface area contributed by atoms with Crippen LogP contribution in [0.5, 0.6) is 0 Å². The molecule has 0 saturated heterocycles. The second kappa shape index (κ2) is 6.00. The topological polar surface area (TPSA) is 87.1 Å². The van der Waals surface area contributed by atoms with E-state index in [-0.39, 0.29) is 6.42 Å². The van der Waals surface area contributed by atoms with Gasteiger partial charge in [0.1, 0.15) is 18.0 Å². The molecule has 3 N–H and O–H groups in total. The average Bonchev–Trinajstić information content (AvgIpc) is 2.24. The molecule has 1 rings (SSSR count). The highest BCUT2D eigenvalue weighted by Gasteiger charge is 2.21. The van der Waals surface area contributed by atoms with E-state index in [4.69, 9.17) is 5.11 Å². The number of rotatable bonds is 7. The molecule has 0 aliphatic rings. The molecular weight excluding hydrogens is 232 g/mol. The van der Waals surface area contributed by atoms with Gasteiger partial charge in [-0.1, -0.05) is 6.08 Å². The highest BCUT2D eigenvalue weighted by atomic mass is 16.4. The minimum atomic E-state index is -0.855. The van der Waals surface area contributed by atoms with Gasteiger partial charge in [0.2, 0.25) is 0 Å². The molecule has 1 aromatic rings. The molecule has 6 heteroatoms. The largest absolute Gasteiger partial charge is 0.481 e. The van der Waals surface area contributed by atoms with Crippen molar-refractivity contribution in [2.45, 2.75) is 25.8 Å². The third-order valence-electron chi connectivity index (χ3n) is 2.15. The summed E-state index contributed by atoms with van der Waals surface area (Å²) in [5, 5.41) is 14.9. The summed E-state index contributed by atoms with van der Waals surface area (Å²) in [4.78, 5) is 18.8. The van der Waals surface area contributed by atoms with Gasteiger partial charge in [-0.15, -0.1) is 6.58 Å². The number of hydrogen-bond donors (Lipinski definition) is 3. The Kier molecular flexibility index (Phi) is 4.65. The van der Waals surface area contributed by atoms with Crippen LogP contribution in [0, 0.1) is 0 Å². The molecule has 6 nitrogen and oxygen atoms in total.